The Labute approximate surface area is 184 Å². The van der Waals surface area contributed by atoms with E-state index < -0.39 is 5.97 Å². The molecule has 0 bridgehead atoms. The van der Waals surface area contributed by atoms with Crippen molar-refractivity contribution in [2.24, 2.45) is 5.10 Å². The van der Waals surface area contributed by atoms with Crippen molar-refractivity contribution in [3.63, 3.8) is 0 Å². The molecule has 158 valence electrons. The predicted molar refractivity (Wildman–Crippen MR) is 117 cm³/mol. The van der Waals surface area contributed by atoms with E-state index in [1.165, 1.54) is 20.4 Å². The minimum Gasteiger partial charge on any atom is -0.493 e. The number of rotatable bonds is 7. The number of amides is 1. The molecule has 0 saturated heterocycles. The first-order valence-corrected chi connectivity index (χ1v) is 9.51. The molecule has 0 fully saturated rings. The summed E-state index contributed by atoms with van der Waals surface area (Å²) in [5, 5.41) is 4.39. The Bertz CT molecular complexity index is 1110. The van der Waals surface area contributed by atoms with Crippen LogP contribution in [0.2, 0.25) is 5.02 Å². The van der Waals surface area contributed by atoms with Crippen LogP contribution in [0.1, 0.15) is 26.3 Å². The summed E-state index contributed by atoms with van der Waals surface area (Å²) in [6.07, 6.45) is 1.47. The highest BCUT2D eigenvalue weighted by molar-refractivity contribution is 6.30. The van der Waals surface area contributed by atoms with Crippen molar-refractivity contribution in [2.75, 3.05) is 14.2 Å². The van der Waals surface area contributed by atoms with Gasteiger partial charge in [-0.25, -0.2) is 10.2 Å². The molecule has 31 heavy (non-hydrogen) atoms. The zero-order valence-electron chi connectivity index (χ0n) is 16.8. The monoisotopic (exact) mass is 438 g/mol. The summed E-state index contributed by atoms with van der Waals surface area (Å²) in [6.45, 7) is 0. The van der Waals surface area contributed by atoms with Gasteiger partial charge < -0.3 is 14.2 Å². The zero-order valence-corrected chi connectivity index (χ0v) is 17.6. The van der Waals surface area contributed by atoms with E-state index in [1.54, 1.807) is 66.7 Å². The Morgan fingerprint density at radius 2 is 1.65 bits per heavy atom. The molecule has 0 spiro atoms. The summed E-state index contributed by atoms with van der Waals surface area (Å²) in [5.41, 5.74) is 3.86. The van der Waals surface area contributed by atoms with Gasteiger partial charge in [0.25, 0.3) is 5.91 Å². The molecule has 0 aliphatic rings. The molecule has 3 aromatic carbocycles. The summed E-state index contributed by atoms with van der Waals surface area (Å²) >= 11 is 5.87. The van der Waals surface area contributed by atoms with Gasteiger partial charge in [-0.3, -0.25) is 4.79 Å². The first-order chi connectivity index (χ1) is 15.0. The second-order valence-corrected chi connectivity index (χ2v) is 6.67. The van der Waals surface area contributed by atoms with Crippen LogP contribution in [0.15, 0.2) is 71.8 Å². The number of nitrogens with zero attached hydrogens (tertiary/aromatic N) is 1. The van der Waals surface area contributed by atoms with Crippen LogP contribution in [0, 0.1) is 0 Å². The van der Waals surface area contributed by atoms with Crippen LogP contribution in [0.5, 0.6) is 17.2 Å². The standard InChI is InChI=1S/C23H19ClN2O5/c1-29-20-11-8-17(13-21(20)30-2)23(28)31-19-9-6-15(7-10-19)14-25-26-22(27)16-4-3-5-18(24)12-16/h3-14H,1-2H3,(H,26,27). The molecule has 0 radical (unpaired) electrons. The van der Waals surface area contributed by atoms with Crippen LogP contribution in [0.25, 0.3) is 0 Å². The van der Waals surface area contributed by atoms with Crippen molar-refractivity contribution in [1.29, 1.82) is 0 Å². The maximum absolute atomic E-state index is 12.4. The maximum Gasteiger partial charge on any atom is 0.343 e. The third-order valence-electron chi connectivity index (χ3n) is 4.18. The minimum absolute atomic E-state index is 0.326. The lowest BCUT2D eigenvalue weighted by atomic mass is 10.2. The Morgan fingerprint density at radius 1 is 0.903 bits per heavy atom. The van der Waals surface area contributed by atoms with Crippen molar-refractivity contribution in [2.45, 2.75) is 0 Å². The molecule has 3 rings (SSSR count). The minimum atomic E-state index is -0.531. The highest BCUT2D eigenvalue weighted by atomic mass is 35.5. The molecule has 3 aromatic rings. The molecule has 0 unspecified atom stereocenters. The number of esters is 1. The zero-order chi connectivity index (χ0) is 22.2. The number of benzene rings is 3. The van der Waals surface area contributed by atoms with E-state index in [0.717, 1.165) is 0 Å². The van der Waals surface area contributed by atoms with E-state index in [-0.39, 0.29) is 5.91 Å². The number of ether oxygens (including phenoxy) is 3. The molecule has 0 aliphatic heterocycles. The number of methoxy groups -OCH3 is 2. The lowest BCUT2D eigenvalue weighted by molar-refractivity contribution is 0.0734. The van der Waals surface area contributed by atoms with E-state index in [2.05, 4.69) is 10.5 Å². The average Bonchev–Trinajstić information content (AvgIpc) is 2.79. The smallest absolute Gasteiger partial charge is 0.343 e. The van der Waals surface area contributed by atoms with Crippen molar-refractivity contribution < 1.29 is 23.8 Å². The van der Waals surface area contributed by atoms with Crippen molar-refractivity contribution in [1.82, 2.24) is 5.43 Å². The van der Waals surface area contributed by atoms with Gasteiger partial charge in [0.15, 0.2) is 11.5 Å². The first kappa shape index (κ1) is 21.9. The molecule has 0 saturated carbocycles. The van der Waals surface area contributed by atoms with Gasteiger partial charge in [-0.05, 0) is 66.2 Å². The third-order valence-corrected chi connectivity index (χ3v) is 4.41. The van der Waals surface area contributed by atoms with Gasteiger partial charge >= 0.3 is 5.97 Å². The molecule has 0 aliphatic carbocycles. The fourth-order valence-corrected chi connectivity index (χ4v) is 2.80. The number of hydrazone groups is 1. The van der Waals surface area contributed by atoms with Gasteiger partial charge in [0.2, 0.25) is 0 Å². The van der Waals surface area contributed by atoms with Gasteiger partial charge in [-0.2, -0.15) is 5.10 Å². The summed E-state index contributed by atoms with van der Waals surface area (Å²) in [5.74, 6) is 0.406. The van der Waals surface area contributed by atoms with Crippen LogP contribution in [-0.4, -0.2) is 32.3 Å². The number of halogens is 1. The van der Waals surface area contributed by atoms with Gasteiger partial charge in [-0.1, -0.05) is 17.7 Å². The van der Waals surface area contributed by atoms with Gasteiger partial charge in [-0.15, -0.1) is 0 Å². The molecule has 0 aromatic heterocycles. The molecule has 7 nitrogen and oxygen atoms in total. The topological polar surface area (TPSA) is 86.2 Å². The number of hydrogen-bond acceptors (Lipinski definition) is 6. The number of carbonyl (C=O) groups excluding carboxylic acids is 2. The largest absolute Gasteiger partial charge is 0.493 e. The second-order valence-electron chi connectivity index (χ2n) is 6.24. The lowest BCUT2D eigenvalue weighted by Gasteiger charge is -2.09. The van der Waals surface area contributed by atoms with E-state index in [9.17, 15) is 9.59 Å². The maximum atomic E-state index is 12.4. The van der Waals surface area contributed by atoms with Crippen LogP contribution in [-0.2, 0) is 0 Å². The van der Waals surface area contributed by atoms with E-state index in [1.807, 2.05) is 0 Å². The first-order valence-electron chi connectivity index (χ1n) is 9.13. The Morgan fingerprint density at radius 3 is 2.32 bits per heavy atom. The molecule has 1 N–H and O–H groups in total. The summed E-state index contributed by atoms with van der Waals surface area (Å²) in [4.78, 5) is 24.4. The highest BCUT2D eigenvalue weighted by Gasteiger charge is 2.13. The number of hydrogen-bond donors (Lipinski definition) is 1. The van der Waals surface area contributed by atoms with E-state index in [0.29, 0.717) is 39.0 Å². The van der Waals surface area contributed by atoms with Crippen LogP contribution in [0.3, 0.4) is 0 Å². The summed E-state index contributed by atoms with van der Waals surface area (Å²) in [6, 6.07) is 18.0. The fraction of sp³-hybridized carbons (Fsp3) is 0.0870. The second kappa shape index (κ2) is 10.3. The SMILES string of the molecule is COc1ccc(C(=O)Oc2ccc(C=NNC(=O)c3cccc(Cl)c3)cc2)cc1OC. The summed E-state index contributed by atoms with van der Waals surface area (Å²) < 4.78 is 15.7. The van der Waals surface area contributed by atoms with E-state index in [4.69, 9.17) is 25.8 Å². The Kier molecular flexibility index (Phi) is 7.24. The molecule has 0 atom stereocenters. The normalized spacial score (nSPS) is 10.5. The Hall–Kier alpha value is -3.84. The molecular formula is C23H19ClN2O5. The number of nitrogens with one attached hydrogen (secondary N) is 1. The van der Waals surface area contributed by atoms with Crippen LogP contribution in [0.4, 0.5) is 0 Å². The number of carbonyl (C=O) groups is 2. The van der Waals surface area contributed by atoms with Crippen molar-refractivity contribution >= 4 is 29.7 Å². The highest BCUT2D eigenvalue weighted by Crippen LogP contribution is 2.28. The quantitative estimate of drug-likeness (QED) is 0.256. The lowest BCUT2D eigenvalue weighted by Crippen LogP contribution is -2.17. The molecule has 1 amide bonds. The third kappa shape index (κ3) is 5.83. The van der Waals surface area contributed by atoms with Gasteiger partial charge in [0.05, 0.1) is 26.0 Å². The molecular weight excluding hydrogens is 420 g/mol. The van der Waals surface area contributed by atoms with E-state index >= 15 is 0 Å². The summed E-state index contributed by atoms with van der Waals surface area (Å²) in [7, 11) is 3.01. The Balaban J connectivity index is 1.59. The molecule has 8 heteroatoms. The van der Waals surface area contributed by atoms with Crippen LogP contribution >= 0.6 is 11.6 Å². The van der Waals surface area contributed by atoms with Gasteiger partial charge in [0.1, 0.15) is 5.75 Å². The average molecular weight is 439 g/mol. The fourth-order valence-electron chi connectivity index (χ4n) is 2.61. The van der Waals surface area contributed by atoms with Crippen LogP contribution < -0.4 is 19.6 Å². The van der Waals surface area contributed by atoms with Crippen molar-refractivity contribution in [3.05, 3.63) is 88.4 Å². The van der Waals surface area contributed by atoms with Gasteiger partial charge in [0, 0.05) is 10.6 Å². The predicted octanol–water partition coefficient (Wildman–Crippen LogP) is 4.34. The molecule has 0 heterocycles. The van der Waals surface area contributed by atoms with Crippen molar-refractivity contribution in [3.8, 4) is 17.2 Å².